The summed E-state index contributed by atoms with van der Waals surface area (Å²) in [7, 11) is 0. The topological polar surface area (TPSA) is 96.0 Å². The summed E-state index contributed by atoms with van der Waals surface area (Å²) in [4.78, 5) is 38.7. The van der Waals surface area contributed by atoms with E-state index in [1.807, 2.05) is 0 Å². The van der Waals surface area contributed by atoms with E-state index in [2.05, 4.69) is 4.85 Å². The minimum absolute atomic E-state index is 0.134. The van der Waals surface area contributed by atoms with E-state index in [0.29, 0.717) is 0 Å². The lowest BCUT2D eigenvalue weighted by atomic mass is 9.75. The number of carbonyl (C=O) groups excluding carboxylic acids is 2. The first-order valence-electron chi connectivity index (χ1n) is 6.64. The second kappa shape index (κ2) is 5.86. The molecule has 0 aromatic heterocycles. The van der Waals surface area contributed by atoms with Gasteiger partial charge < -0.3 is 10.2 Å². The molecule has 7 heteroatoms. The van der Waals surface area contributed by atoms with Crippen molar-refractivity contribution in [1.29, 1.82) is 0 Å². The molecule has 2 N–H and O–H groups in total. The number of hydrogen-bond donors (Lipinski definition) is 2. The smallest absolute Gasteiger partial charge is 0.317 e. The number of aliphatic hydroxyl groups is 1. The zero-order valence-corrected chi connectivity index (χ0v) is 12.8. The lowest BCUT2D eigenvalue weighted by Crippen LogP contribution is -2.37. The molecule has 0 heterocycles. The summed E-state index contributed by atoms with van der Waals surface area (Å²) in [6.07, 6.45) is -0.912. The Morgan fingerprint density at radius 1 is 1.35 bits per heavy atom. The average Bonchev–Trinajstić information content (AvgIpc) is 2.50. The molecule has 0 bridgehead atoms. The van der Waals surface area contributed by atoms with Crippen LogP contribution in [0.4, 0.5) is 0 Å². The van der Waals surface area contributed by atoms with Gasteiger partial charge in [0, 0.05) is 23.9 Å². The van der Waals surface area contributed by atoms with Crippen molar-refractivity contribution in [2.45, 2.75) is 25.3 Å². The molecular formula is C16H12ClNO5. The lowest BCUT2D eigenvalue weighted by Gasteiger charge is -2.25. The van der Waals surface area contributed by atoms with Gasteiger partial charge in [0.15, 0.2) is 5.78 Å². The van der Waals surface area contributed by atoms with Crippen LogP contribution in [0.25, 0.3) is 10.6 Å². The normalized spacial score (nSPS) is 20.0. The SMILES string of the molecule is [C-]#[N+][C@@]1(C)C(=O)C(C(=O)CCC(=O)O)=C(O)c2cc(Cl)ccc21. The van der Waals surface area contributed by atoms with Gasteiger partial charge >= 0.3 is 11.5 Å². The molecule has 6 nitrogen and oxygen atoms in total. The Bertz CT molecular complexity index is 805. The van der Waals surface area contributed by atoms with Crippen LogP contribution in [-0.4, -0.2) is 27.7 Å². The van der Waals surface area contributed by atoms with Crippen LogP contribution in [0.1, 0.15) is 30.9 Å². The molecular weight excluding hydrogens is 322 g/mol. The number of rotatable bonds is 4. The number of Topliss-reactive ketones (excluding diaryl/α,β-unsaturated/α-hetero) is 2. The third-order valence-corrected chi connectivity index (χ3v) is 3.97. The molecule has 0 fully saturated rings. The molecule has 118 valence electrons. The van der Waals surface area contributed by atoms with Crippen LogP contribution < -0.4 is 0 Å². The number of aliphatic carboxylic acids is 1. The fourth-order valence-electron chi connectivity index (χ4n) is 2.46. The van der Waals surface area contributed by atoms with E-state index in [4.69, 9.17) is 23.3 Å². The Balaban J connectivity index is 2.64. The first kappa shape index (κ1) is 16.7. The fourth-order valence-corrected chi connectivity index (χ4v) is 2.63. The molecule has 0 saturated carbocycles. The summed E-state index contributed by atoms with van der Waals surface area (Å²) < 4.78 is 0. The maximum atomic E-state index is 12.6. The average molecular weight is 334 g/mol. The van der Waals surface area contributed by atoms with Gasteiger partial charge in [0.05, 0.1) is 12.0 Å². The van der Waals surface area contributed by atoms with Crippen LogP contribution in [0.2, 0.25) is 5.02 Å². The van der Waals surface area contributed by atoms with Crippen molar-refractivity contribution in [1.82, 2.24) is 0 Å². The second-order valence-electron chi connectivity index (χ2n) is 5.24. The Morgan fingerprint density at radius 3 is 2.57 bits per heavy atom. The van der Waals surface area contributed by atoms with Crippen molar-refractivity contribution in [3.8, 4) is 0 Å². The maximum absolute atomic E-state index is 12.6. The molecule has 1 aromatic rings. The third kappa shape index (κ3) is 2.71. The van der Waals surface area contributed by atoms with Crippen LogP contribution >= 0.6 is 11.6 Å². The van der Waals surface area contributed by atoms with E-state index >= 15 is 0 Å². The second-order valence-corrected chi connectivity index (χ2v) is 5.68. The van der Waals surface area contributed by atoms with Gasteiger partial charge in [-0.05, 0) is 18.2 Å². The zero-order valence-electron chi connectivity index (χ0n) is 12.1. The molecule has 0 saturated heterocycles. The predicted molar refractivity (Wildman–Crippen MR) is 81.8 cm³/mol. The van der Waals surface area contributed by atoms with Gasteiger partial charge in [-0.3, -0.25) is 19.2 Å². The highest BCUT2D eigenvalue weighted by Gasteiger charge is 2.51. The van der Waals surface area contributed by atoms with E-state index in [1.165, 1.54) is 25.1 Å². The number of carboxylic acids is 1. The highest BCUT2D eigenvalue weighted by molar-refractivity contribution is 6.32. The number of carboxylic acid groups (broad SMARTS) is 1. The van der Waals surface area contributed by atoms with Crippen molar-refractivity contribution in [3.63, 3.8) is 0 Å². The number of nitrogens with zero attached hydrogens (tertiary/aromatic N) is 1. The van der Waals surface area contributed by atoms with Crippen LogP contribution in [0, 0.1) is 6.57 Å². The maximum Gasteiger partial charge on any atom is 0.317 e. The summed E-state index contributed by atoms with van der Waals surface area (Å²) in [6, 6.07) is 4.32. The minimum Gasteiger partial charge on any atom is -0.506 e. The van der Waals surface area contributed by atoms with Crippen LogP contribution in [0.3, 0.4) is 0 Å². The zero-order chi connectivity index (χ0) is 17.4. The Morgan fingerprint density at radius 2 is 2.00 bits per heavy atom. The quantitative estimate of drug-likeness (QED) is 0.652. The van der Waals surface area contributed by atoms with Crippen LogP contribution in [0.15, 0.2) is 23.8 Å². The van der Waals surface area contributed by atoms with E-state index < -0.39 is 47.2 Å². The standard InChI is InChI=1S/C16H12ClNO5/c1-16(18-2)10-4-3-8(17)7-9(10)14(22)13(15(16)23)11(19)5-6-12(20)21/h3-4,7,22H,5-6H2,1H3,(H,20,21)/t16-/m1/s1. The highest BCUT2D eigenvalue weighted by Crippen LogP contribution is 2.42. The van der Waals surface area contributed by atoms with Gasteiger partial charge in [0.1, 0.15) is 11.3 Å². The number of fused-ring (bicyclic) bond motifs is 1. The van der Waals surface area contributed by atoms with Gasteiger partial charge in [-0.15, -0.1) is 0 Å². The van der Waals surface area contributed by atoms with Crippen LogP contribution in [-0.2, 0) is 19.9 Å². The van der Waals surface area contributed by atoms with Crippen molar-refractivity contribution in [2.24, 2.45) is 0 Å². The number of halogens is 1. The molecule has 0 unspecified atom stereocenters. The molecule has 23 heavy (non-hydrogen) atoms. The van der Waals surface area contributed by atoms with Crippen molar-refractivity contribution in [2.75, 3.05) is 0 Å². The van der Waals surface area contributed by atoms with Crippen molar-refractivity contribution in [3.05, 3.63) is 51.3 Å². The minimum atomic E-state index is -1.67. The Labute approximate surface area is 136 Å². The Kier molecular flexibility index (Phi) is 4.26. The van der Waals surface area contributed by atoms with Crippen molar-refractivity contribution < 1.29 is 24.6 Å². The molecule has 0 amide bonds. The summed E-state index contributed by atoms with van der Waals surface area (Å²) in [5.74, 6) is -3.41. The number of aliphatic hydroxyl groups excluding tert-OH is 1. The summed E-state index contributed by atoms with van der Waals surface area (Å²) >= 11 is 5.89. The molecule has 1 aliphatic carbocycles. The molecule has 1 aliphatic rings. The third-order valence-electron chi connectivity index (χ3n) is 3.74. The van der Waals surface area contributed by atoms with E-state index in [9.17, 15) is 19.5 Å². The summed E-state index contributed by atoms with van der Waals surface area (Å²) in [5.41, 5.74) is -1.82. The van der Waals surface area contributed by atoms with Gasteiger partial charge in [-0.25, -0.2) is 6.57 Å². The van der Waals surface area contributed by atoms with Crippen molar-refractivity contribution >= 4 is 34.9 Å². The van der Waals surface area contributed by atoms with Crippen LogP contribution in [0.5, 0.6) is 0 Å². The summed E-state index contributed by atoms with van der Waals surface area (Å²) in [5, 5.41) is 19.2. The predicted octanol–water partition coefficient (Wildman–Crippen LogP) is 2.76. The Hall–Kier alpha value is -2.65. The molecule has 0 spiro atoms. The summed E-state index contributed by atoms with van der Waals surface area (Å²) in [6.45, 7) is 8.69. The van der Waals surface area contributed by atoms with E-state index in [-0.39, 0.29) is 16.1 Å². The molecule has 1 aromatic carbocycles. The molecule has 0 aliphatic heterocycles. The molecule has 0 radical (unpaired) electrons. The van der Waals surface area contributed by atoms with Gasteiger partial charge in [-0.1, -0.05) is 11.6 Å². The first-order chi connectivity index (χ1) is 10.7. The lowest BCUT2D eigenvalue weighted by molar-refractivity contribution is -0.138. The number of ketones is 2. The van der Waals surface area contributed by atoms with Gasteiger partial charge in [-0.2, -0.15) is 0 Å². The highest BCUT2D eigenvalue weighted by atomic mass is 35.5. The van der Waals surface area contributed by atoms with E-state index in [0.717, 1.165) is 0 Å². The number of benzene rings is 1. The molecule has 2 rings (SSSR count). The van der Waals surface area contributed by atoms with Gasteiger partial charge in [0.25, 0.3) is 5.78 Å². The number of hydrogen-bond acceptors (Lipinski definition) is 4. The monoisotopic (exact) mass is 333 g/mol. The molecule has 1 atom stereocenters. The first-order valence-corrected chi connectivity index (χ1v) is 7.02. The van der Waals surface area contributed by atoms with E-state index in [1.54, 1.807) is 0 Å². The largest absolute Gasteiger partial charge is 0.506 e. The fraction of sp³-hybridized carbons (Fsp3) is 0.250. The van der Waals surface area contributed by atoms with Gasteiger partial charge in [0.2, 0.25) is 0 Å². The number of carbonyl (C=O) groups is 3.